The van der Waals surface area contributed by atoms with Gasteiger partial charge < -0.3 is 10.5 Å². The summed E-state index contributed by atoms with van der Waals surface area (Å²) < 4.78 is 29.3. The van der Waals surface area contributed by atoms with E-state index < -0.39 is 26.8 Å². The number of hydrogen-bond donors (Lipinski definition) is 1. The maximum atomic E-state index is 12.4. The molecule has 0 aromatic carbocycles. The molecule has 0 bridgehead atoms. The monoisotopic (exact) mass is 319 g/mol. The molecule has 1 rings (SSSR count). The van der Waals surface area contributed by atoms with Crippen LogP contribution in [0.25, 0.3) is 0 Å². The Labute approximate surface area is 128 Å². The van der Waals surface area contributed by atoms with Crippen LogP contribution in [0.1, 0.15) is 64.2 Å². The van der Waals surface area contributed by atoms with E-state index in [0.29, 0.717) is 12.8 Å². The summed E-state index contributed by atoms with van der Waals surface area (Å²) in [4.78, 5) is 11.3. The van der Waals surface area contributed by atoms with Crippen molar-refractivity contribution in [1.82, 2.24) is 0 Å². The fourth-order valence-electron chi connectivity index (χ4n) is 2.96. The topological polar surface area (TPSA) is 86.5 Å². The van der Waals surface area contributed by atoms with Crippen molar-refractivity contribution in [2.24, 2.45) is 5.73 Å². The molecule has 1 fully saturated rings. The molecule has 1 saturated carbocycles. The molecule has 2 unspecified atom stereocenters. The Balaban J connectivity index is 2.73. The third-order valence-electron chi connectivity index (χ3n) is 4.26. The number of methoxy groups -OCH3 is 1. The molecular weight excluding hydrogens is 290 g/mol. The maximum absolute atomic E-state index is 12.4. The summed E-state index contributed by atoms with van der Waals surface area (Å²) in [7, 11) is -2.32. The summed E-state index contributed by atoms with van der Waals surface area (Å²) in [6.45, 7) is 0. The van der Waals surface area contributed by atoms with Crippen LogP contribution in [0, 0.1) is 0 Å². The Bertz CT molecular complexity index is 408. The van der Waals surface area contributed by atoms with Crippen molar-refractivity contribution in [2.45, 2.75) is 75.5 Å². The minimum Gasteiger partial charge on any atom is -0.468 e. The predicted molar refractivity (Wildman–Crippen MR) is 83.7 cm³/mol. The number of nitrogens with two attached hydrogens (primary N) is 1. The highest BCUT2D eigenvalue weighted by Crippen LogP contribution is 2.21. The highest BCUT2D eigenvalue weighted by Gasteiger charge is 2.32. The smallest absolute Gasteiger partial charge is 0.320 e. The molecule has 21 heavy (non-hydrogen) atoms. The van der Waals surface area contributed by atoms with E-state index >= 15 is 0 Å². The minimum absolute atomic E-state index is 0.376. The number of carbonyl (C=O) groups excluding carboxylic acids is 1. The van der Waals surface area contributed by atoms with E-state index in [1.165, 1.54) is 26.4 Å². The molecular formula is C15H29NO4S. The first-order chi connectivity index (χ1) is 9.97. The molecule has 1 aliphatic rings. The second kappa shape index (κ2) is 9.41. The van der Waals surface area contributed by atoms with Crippen LogP contribution in [0.15, 0.2) is 0 Å². The lowest BCUT2D eigenvalue weighted by Crippen LogP contribution is -2.43. The zero-order valence-electron chi connectivity index (χ0n) is 13.1. The van der Waals surface area contributed by atoms with Crippen molar-refractivity contribution < 1.29 is 17.9 Å². The number of hydrogen-bond acceptors (Lipinski definition) is 5. The molecule has 124 valence electrons. The lowest BCUT2D eigenvalue weighted by atomic mass is 9.98. The molecule has 0 aromatic heterocycles. The van der Waals surface area contributed by atoms with Gasteiger partial charge in [-0.1, -0.05) is 51.4 Å². The van der Waals surface area contributed by atoms with Gasteiger partial charge in [0.05, 0.1) is 12.4 Å². The van der Waals surface area contributed by atoms with Crippen LogP contribution in [-0.4, -0.2) is 38.5 Å². The molecule has 5 nitrogen and oxygen atoms in total. The third kappa shape index (κ3) is 6.78. The highest BCUT2D eigenvalue weighted by molar-refractivity contribution is 7.92. The van der Waals surface area contributed by atoms with E-state index in [1.54, 1.807) is 0 Å². The van der Waals surface area contributed by atoms with Crippen LogP contribution in [0.2, 0.25) is 0 Å². The Morgan fingerprint density at radius 3 is 2.00 bits per heavy atom. The average molecular weight is 319 g/mol. The van der Waals surface area contributed by atoms with Crippen molar-refractivity contribution in [3.63, 3.8) is 0 Å². The van der Waals surface area contributed by atoms with Gasteiger partial charge in [-0.3, -0.25) is 4.79 Å². The van der Waals surface area contributed by atoms with Gasteiger partial charge in [0, 0.05) is 6.04 Å². The van der Waals surface area contributed by atoms with Crippen molar-refractivity contribution in [3.05, 3.63) is 0 Å². The van der Waals surface area contributed by atoms with Gasteiger partial charge in [0.1, 0.15) is 5.75 Å². The van der Waals surface area contributed by atoms with Crippen molar-refractivity contribution in [1.29, 1.82) is 0 Å². The molecule has 0 heterocycles. The van der Waals surface area contributed by atoms with Gasteiger partial charge in [0.25, 0.3) is 0 Å². The zero-order valence-corrected chi connectivity index (χ0v) is 13.9. The number of rotatable bonds is 3. The second-order valence-electron chi connectivity index (χ2n) is 5.99. The largest absolute Gasteiger partial charge is 0.468 e. The molecule has 0 aromatic rings. The quantitative estimate of drug-likeness (QED) is 0.806. The number of esters is 1. The van der Waals surface area contributed by atoms with Gasteiger partial charge in [-0.25, -0.2) is 8.42 Å². The fourth-order valence-corrected chi connectivity index (χ4v) is 4.82. The van der Waals surface area contributed by atoms with E-state index in [9.17, 15) is 13.2 Å². The van der Waals surface area contributed by atoms with Crippen LogP contribution in [0.3, 0.4) is 0 Å². The molecule has 0 amide bonds. The molecule has 2 atom stereocenters. The van der Waals surface area contributed by atoms with E-state index in [-0.39, 0.29) is 6.04 Å². The lowest BCUT2D eigenvalue weighted by Gasteiger charge is -2.24. The van der Waals surface area contributed by atoms with Crippen LogP contribution >= 0.6 is 0 Å². The van der Waals surface area contributed by atoms with Gasteiger partial charge in [-0.05, 0) is 12.8 Å². The Kier molecular flexibility index (Phi) is 8.26. The summed E-state index contributed by atoms with van der Waals surface area (Å²) in [6, 6.07) is -0.376. The minimum atomic E-state index is -3.53. The van der Waals surface area contributed by atoms with Gasteiger partial charge in [-0.15, -0.1) is 0 Å². The van der Waals surface area contributed by atoms with E-state index in [4.69, 9.17) is 5.73 Å². The maximum Gasteiger partial charge on any atom is 0.320 e. The van der Waals surface area contributed by atoms with Gasteiger partial charge in [-0.2, -0.15) is 0 Å². The highest BCUT2D eigenvalue weighted by atomic mass is 32.2. The molecule has 0 saturated heterocycles. The van der Waals surface area contributed by atoms with Crippen LogP contribution in [-0.2, 0) is 19.4 Å². The normalized spacial score (nSPS) is 26.4. The van der Waals surface area contributed by atoms with Crippen molar-refractivity contribution in [3.8, 4) is 0 Å². The van der Waals surface area contributed by atoms with Crippen molar-refractivity contribution in [2.75, 3.05) is 12.9 Å². The van der Waals surface area contributed by atoms with Crippen LogP contribution in [0.4, 0.5) is 0 Å². The SMILES string of the molecule is COC(=O)CS(=O)(=O)C1CCCCCCCCCCC1N. The third-order valence-corrected chi connectivity index (χ3v) is 6.41. The van der Waals surface area contributed by atoms with Gasteiger partial charge >= 0.3 is 5.97 Å². The molecule has 0 aliphatic heterocycles. The number of ether oxygens (including phenoxy) is 1. The lowest BCUT2D eigenvalue weighted by molar-refractivity contribution is -0.137. The Morgan fingerprint density at radius 2 is 1.48 bits per heavy atom. The van der Waals surface area contributed by atoms with Crippen LogP contribution in [0.5, 0.6) is 0 Å². The molecule has 1 aliphatic carbocycles. The predicted octanol–water partition coefficient (Wildman–Crippen LogP) is 2.18. The summed E-state index contributed by atoms with van der Waals surface area (Å²) >= 11 is 0. The second-order valence-corrected chi connectivity index (χ2v) is 8.21. The standard InChI is InChI=1S/C15H29NO4S/c1-20-15(17)12-21(18,19)14-11-9-7-5-3-2-4-6-8-10-13(14)16/h13-14H,2-12,16H2,1H3. The Morgan fingerprint density at radius 1 is 1.00 bits per heavy atom. The number of sulfone groups is 1. The van der Waals surface area contributed by atoms with E-state index in [1.807, 2.05) is 0 Å². The van der Waals surface area contributed by atoms with E-state index in [0.717, 1.165) is 32.1 Å². The average Bonchev–Trinajstić information content (AvgIpc) is 2.41. The first-order valence-corrected chi connectivity index (χ1v) is 9.73. The molecule has 2 N–H and O–H groups in total. The first-order valence-electron chi connectivity index (χ1n) is 8.01. The Hall–Kier alpha value is -0.620. The zero-order chi connectivity index (χ0) is 15.7. The van der Waals surface area contributed by atoms with E-state index in [2.05, 4.69) is 4.74 Å². The summed E-state index contributed by atoms with van der Waals surface area (Å²) in [5.41, 5.74) is 6.13. The first kappa shape index (κ1) is 18.4. The van der Waals surface area contributed by atoms with Gasteiger partial charge in [0.2, 0.25) is 0 Å². The number of carbonyl (C=O) groups is 1. The van der Waals surface area contributed by atoms with Crippen LogP contribution < -0.4 is 5.73 Å². The summed E-state index contributed by atoms with van der Waals surface area (Å²) in [6.07, 6.45) is 10.1. The molecule has 0 radical (unpaired) electrons. The van der Waals surface area contributed by atoms with Gasteiger partial charge in [0.15, 0.2) is 9.84 Å². The fraction of sp³-hybridized carbons (Fsp3) is 0.933. The van der Waals surface area contributed by atoms with Crippen molar-refractivity contribution >= 4 is 15.8 Å². The summed E-state index contributed by atoms with van der Waals surface area (Å²) in [5.74, 6) is -1.25. The molecule has 6 heteroatoms. The summed E-state index contributed by atoms with van der Waals surface area (Å²) in [5, 5.41) is -0.615. The molecule has 0 spiro atoms.